The van der Waals surface area contributed by atoms with Crippen molar-refractivity contribution < 1.29 is 23.9 Å². The Morgan fingerprint density at radius 2 is 1.95 bits per heavy atom. The van der Waals surface area contributed by atoms with E-state index in [4.69, 9.17) is 33.7 Å². The molecule has 1 spiro atoms. The van der Waals surface area contributed by atoms with E-state index >= 15 is 4.39 Å². The van der Waals surface area contributed by atoms with E-state index in [0.29, 0.717) is 33.9 Å². The number of ether oxygens (including phenoxy) is 1. The fourth-order valence-corrected chi connectivity index (χ4v) is 6.72. The molecule has 5 N–H and O–H groups in total. The quantitative estimate of drug-likeness (QED) is 0.250. The molecule has 3 aliphatic heterocycles. The van der Waals surface area contributed by atoms with Crippen LogP contribution < -0.4 is 16.4 Å². The average Bonchev–Trinajstić information content (AvgIpc) is 3.49. The van der Waals surface area contributed by atoms with E-state index in [0.717, 1.165) is 5.06 Å². The predicted molar refractivity (Wildman–Crippen MR) is 147 cm³/mol. The maximum atomic E-state index is 15.6. The molecule has 39 heavy (non-hydrogen) atoms. The first-order chi connectivity index (χ1) is 18.2. The molecule has 204 valence electrons. The van der Waals surface area contributed by atoms with E-state index in [1.165, 1.54) is 13.2 Å². The van der Waals surface area contributed by atoms with Gasteiger partial charge in [0.15, 0.2) is 0 Å². The molecular weight excluding hydrogens is 546 g/mol. The molecule has 11 heteroatoms. The first-order valence-electron chi connectivity index (χ1n) is 12.0. The molecule has 2 saturated heterocycles. The summed E-state index contributed by atoms with van der Waals surface area (Å²) in [7, 11) is 1.28. The summed E-state index contributed by atoms with van der Waals surface area (Å²) in [5.41, 5.74) is 7.35. The van der Waals surface area contributed by atoms with Gasteiger partial charge in [-0.2, -0.15) is 5.06 Å². The molecule has 8 nitrogen and oxygen atoms in total. The van der Waals surface area contributed by atoms with Crippen molar-refractivity contribution in [3.63, 3.8) is 0 Å². The van der Waals surface area contributed by atoms with E-state index in [-0.39, 0.29) is 29.5 Å². The maximum Gasteiger partial charge on any atom is 0.337 e. The number of carbonyl (C=O) groups is 2. The Kier molecular flexibility index (Phi) is 6.85. The number of hydrogen-bond donors (Lipinski definition) is 4. The van der Waals surface area contributed by atoms with Gasteiger partial charge in [-0.1, -0.05) is 48.8 Å². The summed E-state index contributed by atoms with van der Waals surface area (Å²) in [5, 5.41) is 19.4. The number of rotatable bonds is 3. The van der Waals surface area contributed by atoms with Gasteiger partial charge >= 0.3 is 5.97 Å². The van der Waals surface area contributed by atoms with Crippen LogP contribution in [0.2, 0.25) is 10.0 Å². The van der Waals surface area contributed by atoms with E-state index in [9.17, 15) is 14.8 Å². The van der Waals surface area contributed by atoms with Crippen LogP contribution in [0.3, 0.4) is 0 Å². The highest BCUT2D eigenvalue weighted by Crippen LogP contribution is 2.58. The number of methoxy groups -OCH3 is 1. The monoisotopic (exact) mass is 572 g/mol. The number of halogens is 3. The summed E-state index contributed by atoms with van der Waals surface area (Å²) in [4.78, 5) is 25.9. The molecule has 3 aromatic carbocycles. The number of hydroxylamine groups is 2. The molecule has 5 atom stereocenters. The minimum absolute atomic E-state index is 0. The Balaban J connectivity index is 0.00000308. The maximum absolute atomic E-state index is 15.6. The molecule has 3 aromatic rings. The second kappa shape index (κ2) is 9.76. The van der Waals surface area contributed by atoms with Crippen molar-refractivity contribution in [2.45, 2.75) is 43.4 Å². The molecule has 1 unspecified atom stereocenters. The number of benzene rings is 3. The zero-order valence-electron chi connectivity index (χ0n) is 20.0. The number of hydrogen-bond acceptors (Lipinski definition) is 7. The molecule has 0 bridgehead atoms. The molecule has 2 fully saturated rings. The molecule has 0 radical (unpaired) electrons. The van der Waals surface area contributed by atoms with Crippen molar-refractivity contribution in [2.75, 3.05) is 18.2 Å². The number of fused-ring (bicyclic) bond motifs is 3. The highest BCUT2D eigenvalue weighted by molar-refractivity contribution is 6.31. The van der Waals surface area contributed by atoms with E-state index in [2.05, 4.69) is 10.6 Å². The number of nitrogens with zero attached hydrogens (tertiary/aromatic N) is 1. The average molecular weight is 573 g/mol. The van der Waals surface area contributed by atoms with Crippen molar-refractivity contribution >= 4 is 46.5 Å². The van der Waals surface area contributed by atoms with Crippen LogP contribution >= 0.6 is 23.2 Å². The fourth-order valence-electron chi connectivity index (χ4n) is 6.36. The van der Waals surface area contributed by atoms with Gasteiger partial charge in [-0.25, -0.2) is 9.18 Å². The van der Waals surface area contributed by atoms with Gasteiger partial charge in [0.25, 0.3) is 0 Å². The number of esters is 1. The van der Waals surface area contributed by atoms with E-state index in [1.54, 1.807) is 48.5 Å². The lowest BCUT2D eigenvalue weighted by molar-refractivity contribution is -0.143. The lowest BCUT2D eigenvalue weighted by Gasteiger charge is -2.36. The SMILES string of the molecule is C.COC(=O)c1ccc(N)c(C2C[C@@H]3N[C@@]4(C(=O)Nc5cc(Cl)ccc54)[C@@H](c4cccc(Cl)c4F)[C@@H]3N2O)c1. The van der Waals surface area contributed by atoms with Crippen LogP contribution in [0, 0.1) is 5.82 Å². The van der Waals surface area contributed by atoms with Crippen LogP contribution in [-0.4, -0.2) is 41.3 Å². The largest absolute Gasteiger partial charge is 0.465 e. The molecule has 3 heterocycles. The van der Waals surface area contributed by atoms with Crippen molar-refractivity contribution in [1.29, 1.82) is 0 Å². The van der Waals surface area contributed by atoms with Gasteiger partial charge in [0, 0.05) is 33.9 Å². The second-order valence-corrected chi connectivity index (χ2v) is 10.6. The third-order valence-corrected chi connectivity index (χ3v) is 8.46. The van der Waals surface area contributed by atoms with Crippen LogP contribution in [0.4, 0.5) is 15.8 Å². The second-order valence-electron chi connectivity index (χ2n) is 9.78. The van der Waals surface area contributed by atoms with Gasteiger partial charge in [-0.05, 0) is 53.9 Å². The van der Waals surface area contributed by atoms with Gasteiger partial charge in [0.05, 0.1) is 29.8 Å². The number of nitrogens with two attached hydrogens (primary N) is 1. The van der Waals surface area contributed by atoms with Gasteiger partial charge < -0.3 is 21.0 Å². The molecule has 0 aromatic heterocycles. The summed E-state index contributed by atoms with van der Waals surface area (Å²) < 4.78 is 20.5. The van der Waals surface area contributed by atoms with E-state index < -0.39 is 41.4 Å². The zero-order valence-corrected chi connectivity index (χ0v) is 21.6. The number of carbonyl (C=O) groups excluding carboxylic acids is 2. The topological polar surface area (TPSA) is 117 Å². The third-order valence-electron chi connectivity index (χ3n) is 7.93. The Bertz CT molecular complexity index is 1500. The summed E-state index contributed by atoms with van der Waals surface area (Å²) in [6.07, 6.45) is 0.326. The fraction of sp³-hybridized carbons (Fsp3) is 0.286. The lowest BCUT2D eigenvalue weighted by atomic mass is 9.74. The Morgan fingerprint density at radius 3 is 2.69 bits per heavy atom. The number of amides is 1. The molecule has 1 amide bonds. The minimum atomic E-state index is -1.40. The van der Waals surface area contributed by atoms with Gasteiger partial charge in [0.1, 0.15) is 11.4 Å². The third kappa shape index (κ3) is 3.91. The number of nitrogen functional groups attached to an aromatic ring is 1. The highest BCUT2D eigenvalue weighted by atomic mass is 35.5. The van der Waals surface area contributed by atoms with Crippen LogP contribution in [0.15, 0.2) is 54.6 Å². The van der Waals surface area contributed by atoms with E-state index in [1.807, 2.05) is 0 Å². The van der Waals surface area contributed by atoms with Crippen molar-refractivity contribution in [3.8, 4) is 0 Å². The Morgan fingerprint density at radius 1 is 1.18 bits per heavy atom. The van der Waals surface area contributed by atoms with Crippen LogP contribution in [0.25, 0.3) is 0 Å². The summed E-state index contributed by atoms with van der Waals surface area (Å²) in [6, 6.07) is 12.5. The standard InChI is InChI=1S/C27H23Cl2FN4O4.CH4/c1-38-25(35)12-5-8-18(31)15(9-12)21-11-20-24(34(21)37)22(14-3-2-4-17(29)23(14)30)27(33-20)16-7-6-13(28)10-19(16)32-26(27)36;/h2-10,20-22,24,33,37H,11,31H2,1H3,(H,32,36);1H4/t20-,21?,22-,24+,27+;/m0./s1. The molecule has 0 saturated carbocycles. The number of anilines is 2. The first kappa shape index (κ1) is 27.4. The minimum Gasteiger partial charge on any atom is -0.465 e. The zero-order chi connectivity index (χ0) is 26.9. The van der Waals surface area contributed by atoms with Crippen molar-refractivity contribution in [3.05, 3.63) is 92.7 Å². The smallest absolute Gasteiger partial charge is 0.337 e. The highest BCUT2D eigenvalue weighted by Gasteiger charge is 2.66. The van der Waals surface area contributed by atoms with Crippen molar-refractivity contribution in [2.24, 2.45) is 0 Å². The van der Waals surface area contributed by atoms with Crippen LogP contribution in [0.5, 0.6) is 0 Å². The lowest BCUT2D eigenvalue weighted by Crippen LogP contribution is -2.50. The van der Waals surface area contributed by atoms with Gasteiger partial charge in [-0.3, -0.25) is 10.1 Å². The summed E-state index contributed by atoms with van der Waals surface area (Å²) in [6.45, 7) is 0. The number of nitrogens with one attached hydrogen (secondary N) is 2. The Hall–Kier alpha value is -3.21. The molecule has 6 rings (SSSR count). The summed E-state index contributed by atoms with van der Waals surface area (Å²) in [5.74, 6) is -2.47. The summed E-state index contributed by atoms with van der Waals surface area (Å²) >= 11 is 12.4. The first-order valence-corrected chi connectivity index (χ1v) is 12.7. The predicted octanol–water partition coefficient (Wildman–Crippen LogP) is 5.25. The Labute approximate surface area is 234 Å². The van der Waals surface area contributed by atoms with Crippen LogP contribution in [-0.2, 0) is 15.1 Å². The molecule has 0 aliphatic carbocycles. The van der Waals surface area contributed by atoms with Gasteiger partial charge in [-0.15, -0.1) is 0 Å². The molecular formula is C28H27Cl2FN4O4. The molecule has 3 aliphatic rings. The van der Waals surface area contributed by atoms with Crippen molar-refractivity contribution in [1.82, 2.24) is 10.4 Å². The van der Waals surface area contributed by atoms with Crippen LogP contribution in [0.1, 0.15) is 52.9 Å². The normalized spacial score (nSPS) is 27.2. The van der Waals surface area contributed by atoms with Gasteiger partial charge in [0.2, 0.25) is 5.91 Å².